The molecule has 6 heteroatoms. The number of hydrogen-bond donors (Lipinski definition) is 1. The van der Waals surface area contributed by atoms with E-state index in [0.717, 1.165) is 17.7 Å². The van der Waals surface area contributed by atoms with Crippen LogP contribution in [0.2, 0.25) is 5.02 Å². The fraction of sp³-hybridized carbons (Fsp3) is 0.200. The van der Waals surface area contributed by atoms with Crippen molar-refractivity contribution in [2.75, 3.05) is 7.05 Å². The molecule has 1 nitrogen and oxygen atoms in total. The number of halogens is 5. The summed E-state index contributed by atoms with van der Waals surface area (Å²) in [5.41, 5.74) is 0.323. The predicted octanol–water partition coefficient (Wildman–Crippen LogP) is 4.88. The van der Waals surface area contributed by atoms with Gasteiger partial charge >= 0.3 is 6.18 Å². The fourth-order valence-corrected chi connectivity index (χ4v) is 2.23. The first-order valence-corrected chi connectivity index (χ1v) is 6.51. The minimum absolute atomic E-state index is 0.265. The van der Waals surface area contributed by atoms with Gasteiger partial charge in [-0.1, -0.05) is 29.8 Å². The first-order chi connectivity index (χ1) is 9.82. The van der Waals surface area contributed by atoms with Crippen molar-refractivity contribution in [3.63, 3.8) is 0 Å². The summed E-state index contributed by atoms with van der Waals surface area (Å²) in [4.78, 5) is 0. The highest BCUT2D eigenvalue weighted by Gasteiger charge is 2.34. The van der Waals surface area contributed by atoms with E-state index in [0.29, 0.717) is 17.1 Å². The zero-order valence-electron chi connectivity index (χ0n) is 11.1. The normalized spacial score (nSPS) is 11.7. The van der Waals surface area contributed by atoms with Gasteiger partial charge in [0, 0.05) is 11.6 Å². The van der Waals surface area contributed by atoms with E-state index in [4.69, 9.17) is 11.6 Å². The Hall–Kier alpha value is -1.59. The van der Waals surface area contributed by atoms with Crippen LogP contribution in [0.3, 0.4) is 0 Å². The molecule has 0 radical (unpaired) electrons. The van der Waals surface area contributed by atoms with E-state index < -0.39 is 17.6 Å². The maximum absolute atomic E-state index is 13.3. The van der Waals surface area contributed by atoms with Crippen LogP contribution in [0.1, 0.15) is 11.1 Å². The van der Waals surface area contributed by atoms with Gasteiger partial charge in [-0.25, -0.2) is 4.39 Å². The highest BCUT2D eigenvalue weighted by Crippen LogP contribution is 2.35. The van der Waals surface area contributed by atoms with Crippen LogP contribution in [0.4, 0.5) is 17.6 Å². The van der Waals surface area contributed by atoms with Gasteiger partial charge in [0.2, 0.25) is 0 Å². The van der Waals surface area contributed by atoms with Crippen molar-refractivity contribution in [3.05, 3.63) is 58.4 Å². The molecule has 1 N–H and O–H groups in total. The zero-order chi connectivity index (χ0) is 15.6. The van der Waals surface area contributed by atoms with Gasteiger partial charge in [-0.05, 0) is 41.9 Å². The number of benzene rings is 2. The van der Waals surface area contributed by atoms with Crippen LogP contribution in [0.15, 0.2) is 36.4 Å². The minimum atomic E-state index is -4.73. The van der Waals surface area contributed by atoms with Gasteiger partial charge < -0.3 is 5.32 Å². The van der Waals surface area contributed by atoms with Crippen LogP contribution < -0.4 is 5.32 Å². The van der Waals surface area contributed by atoms with Crippen LogP contribution in [0.25, 0.3) is 11.1 Å². The minimum Gasteiger partial charge on any atom is -0.316 e. The Balaban J connectivity index is 2.45. The Morgan fingerprint density at radius 3 is 2.24 bits per heavy atom. The molecular formula is C15H12ClF4N. The lowest BCUT2D eigenvalue weighted by Crippen LogP contribution is -2.08. The van der Waals surface area contributed by atoms with Gasteiger partial charge in [0.05, 0.1) is 5.56 Å². The van der Waals surface area contributed by atoms with Gasteiger partial charge in [0.25, 0.3) is 0 Å². The molecule has 112 valence electrons. The van der Waals surface area contributed by atoms with Crippen molar-refractivity contribution >= 4 is 11.6 Å². The molecule has 2 rings (SSSR count). The van der Waals surface area contributed by atoms with Crippen molar-refractivity contribution in [3.8, 4) is 11.1 Å². The molecule has 0 fully saturated rings. The van der Waals surface area contributed by atoms with Crippen LogP contribution in [0.5, 0.6) is 0 Å². The summed E-state index contributed by atoms with van der Waals surface area (Å²) in [5, 5.41) is 3.38. The number of alkyl halides is 3. The third-order valence-electron chi connectivity index (χ3n) is 3.03. The molecule has 21 heavy (non-hydrogen) atoms. The van der Waals surface area contributed by atoms with Crippen LogP contribution in [0, 0.1) is 5.82 Å². The summed E-state index contributed by atoms with van der Waals surface area (Å²) < 4.78 is 51.4. The lowest BCUT2D eigenvalue weighted by Gasteiger charge is -2.11. The lowest BCUT2D eigenvalue weighted by atomic mass is 10.0. The molecule has 0 aromatic heterocycles. The summed E-state index contributed by atoms with van der Waals surface area (Å²) in [7, 11) is 1.76. The SMILES string of the molecule is CNCc1ccc(-c2ccc(F)c(C(F)(F)F)c2)cc1Cl. The Morgan fingerprint density at radius 2 is 1.67 bits per heavy atom. The summed E-state index contributed by atoms with van der Waals surface area (Å²) in [5.74, 6) is -1.29. The molecule has 0 heterocycles. The summed E-state index contributed by atoms with van der Waals surface area (Å²) >= 11 is 6.08. The summed E-state index contributed by atoms with van der Waals surface area (Å²) in [6.07, 6.45) is -4.73. The first kappa shape index (κ1) is 15.8. The second-order valence-corrected chi connectivity index (χ2v) is 4.94. The molecule has 0 aliphatic rings. The van der Waals surface area contributed by atoms with E-state index in [1.165, 1.54) is 6.07 Å². The summed E-state index contributed by atoms with van der Waals surface area (Å²) in [6.45, 7) is 0.552. The summed E-state index contributed by atoms with van der Waals surface area (Å²) in [6, 6.07) is 7.86. The van der Waals surface area contributed by atoms with Crippen LogP contribution >= 0.6 is 11.6 Å². The maximum atomic E-state index is 13.3. The Morgan fingerprint density at radius 1 is 1.05 bits per heavy atom. The zero-order valence-corrected chi connectivity index (χ0v) is 11.8. The average molecular weight is 318 g/mol. The van der Waals surface area contributed by atoms with E-state index in [1.54, 1.807) is 25.2 Å². The molecule has 0 bridgehead atoms. The Bertz CT molecular complexity index is 653. The van der Waals surface area contributed by atoms with E-state index in [-0.39, 0.29) is 5.56 Å². The topological polar surface area (TPSA) is 12.0 Å². The second kappa shape index (κ2) is 6.03. The molecule has 0 aliphatic carbocycles. The van der Waals surface area contributed by atoms with E-state index in [9.17, 15) is 17.6 Å². The molecule has 0 aliphatic heterocycles. The molecule has 0 saturated carbocycles. The number of hydrogen-bond acceptors (Lipinski definition) is 1. The predicted molar refractivity (Wildman–Crippen MR) is 74.6 cm³/mol. The van der Waals surface area contributed by atoms with E-state index in [2.05, 4.69) is 5.32 Å². The fourth-order valence-electron chi connectivity index (χ4n) is 1.98. The second-order valence-electron chi connectivity index (χ2n) is 4.53. The average Bonchev–Trinajstić information content (AvgIpc) is 2.40. The van der Waals surface area contributed by atoms with Gasteiger partial charge in [0.15, 0.2) is 0 Å². The van der Waals surface area contributed by atoms with Gasteiger partial charge in [0.1, 0.15) is 5.82 Å². The van der Waals surface area contributed by atoms with Gasteiger partial charge in [-0.2, -0.15) is 13.2 Å². The molecule has 2 aromatic rings. The van der Waals surface area contributed by atoms with Crippen LogP contribution in [-0.2, 0) is 12.7 Å². The Kier molecular flexibility index (Phi) is 4.54. The molecule has 0 unspecified atom stereocenters. The van der Waals surface area contributed by atoms with Crippen molar-refractivity contribution in [1.29, 1.82) is 0 Å². The standard InChI is InChI=1S/C15H12ClF4N/c1-21-8-11-3-2-10(7-13(11)16)9-4-5-14(17)12(6-9)15(18,19)20/h2-7,21H,8H2,1H3. The quantitative estimate of drug-likeness (QED) is 0.795. The largest absolute Gasteiger partial charge is 0.419 e. The molecule has 0 saturated heterocycles. The molecule has 0 spiro atoms. The van der Waals surface area contributed by atoms with Crippen LogP contribution in [-0.4, -0.2) is 7.05 Å². The molecule has 2 aromatic carbocycles. The Labute approximate surface area is 124 Å². The molecule has 0 atom stereocenters. The third kappa shape index (κ3) is 3.54. The molecular weight excluding hydrogens is 306 g/mol. The number of nitrogens with one attached hydrogen (secondary N) is 1. The van der Waals surface area contributed by atoms with E-state index >= 15 is 0 Å². The van der Waals surface area contributed by atoms with Crippen molar-refractivity contribution in [2.24, 2.45) is 0 Å². The van der Waals surface area contributed by atoms with Crippen molar-refractivity contribution in [2.45, 2.75) is 12.7 Å². The van der Waals surface area contributed by atoms with Gasteiger partial charge in [-0.15, -0.1) is 0 Å². The first-order valence-electron chi connectivity index (χ1n) is 6.13. The van der Waals surface area contributed by atoms with Crippen molar-refractivity contribution < 1.29 is 17.6 Å². The smallest absolute Gasteiger partial charge is 0.316 e. The maximum Gasteiger partial charge on any atom is 0.419 e. The lowest BCUT2D eigenvalue weighted by molar-refractivity contribution is -0.139. The third-order valence-corrected chi connectivity index (χ3v) is 3.38. The van der Waals surface area contributed by atoms with E-state index in [1.807, 2.05) is 0 Å². The highest BCUT2D eigenvalue weighted by molar-refractivity contribution is 6.31. The van der Waals surface area contributed by atoms with Crippen molar-refractivity contribution in [1.82, 2.24) is 5.32 Å². The highest BCUT2D eigenvalue weighted by atomic mass is 35.5. The molecule has 0 amide bonds. The monoisotopic (exact) mass is 317 g/mol. The number of rotatable bonds is 3. The van der Waals surface area contributed by atoms with Gasteiger partial charge in [-0.3, -0.25) is 0 Å².